The van der Waals surface area contributed by atoms with Crippen LogP contribution >= 0.6 is 0 Å². The van der Waals surface area contributed by atoms with Crippen molar-refractivity contribution < 1.29 is 14.4 Å². The molecule has 0 bridgehead atoms. The van der Waals surface area contributed by atoms with Crippen molar-refractivity contribution in [1.29, 1.82) is 0 Å². The van der Waals surface area contributed by atoms with Gasteiger partial charge in [0.15, 0.2) is 0 Å². The van der Waals surface area contributed by atoms with Crippen LogP contribution < -0.4 is 5.32 Å². The van der Waals surface area contributed by atoms with Crippen molar-refractivity contribution in [2.45, 2.75) is 19.4 Å². The number of hydrogen-bond acceptors (Lipinski definition) is 4. The van der Waals surface area contributed by atoms with E-state index in [-0.39, 0.29) is 35.7 Å². The SMILES string of the molecule is C[C@H](CNC(=O)c1ccc2c(c1)C(=O)N(Cc1ccncc1)C2=O)c1ccccc1. The monoisotopic (exact) mass is 399 g/mol. The highest BCUT2D eigenvalue weighted by molar-refractivity contribution is 6.22. The summed E-state index contributed by atoms with van der Waals surface area (Å²) >= 11 is 0. The van der Waals surface area contributed by atoms with Crippen molar-refractivity contribution >= 4 is 17.7 Å². The fourth-order valence-electron chi connectivity index (χ4n) is 3.49. The number of benzene rings is 2. The van der Waals surface area contributed by atoms with Gasteiger partial charge in [-0.3, -0.25) is 24.3 Å². The van der Waals surface area contributed by atoms with Crippen molar-refractivity contribution in [3.8, 4) is 0 Å². The van der Waals surface area contributed by atoms with Crippen molar-refractivity contribution in [3.63, 3.8) is 0 Å². The highest BCUT2D eigenvalue weighted by Crippen LogP contribution is 2.25. The molecule has 6 heteroatoms. The van der Waals surface area contributed by atoms with Crippen molar-refractivity contribution in [1.82, 2.24) is 15.2 Å². The third-order valence-electron chi connectivity index (χ3n) is 5.26. The summed E-state index contributed by atoms with van der Waals surface area (Å²) in [7, 11) is 0. The Labute approximate surface area is 174 Å². The van der Waals surface area contributed by atoms with E-state index in [0.29, 0.717) is 17.7 Å². The first-order valence-electron chi connectivity index (χ1n) is 9.77. The molecule has 1 aliphatic rings. The number of hydrogen-bond donors (Lipinski definition) is 1. The Kier molecular flexibility index (Phi) is 5.39. The van der Waals surface area contributed by atoms with E-state index in [1.54, 1.807) is 36.7 Å². The summed E-state index contributed by atoms with van der Waals surface area (Å²) in [5, 5.41) is 2.91. The standard InChI is InChI=1S/C24H21N3O3/c1-16(18-5-3-2-4-6-18)14-26-22(28)19-7-8-20-21(13-19)24(30)27(23(20)29)15-17-9-11-25-12-10-17/h2-13,16H,14-15H2,1H3,(H,26,28)/t16-/m1/s1. The van der Waals surface area contributed by atoms with Crippen LogP contribution in [0.3, 0.4) is 0 Å². The van der Waals surface area contributed by atoms with E-state index in [9.17, 15) is 14.4 Å². The zero-order valence-electron chi connectivity index (χ0n) is 16.5. The third-order valence-corrected chi connectivity index (χ3v) is 5.26. The number of fused-ring (bicyclic) bond motifs is 1. The second-order valence-electron chi connectivity index (χ2n) is 7.33. The van der Waals surface area contributed by atoms with Crippen molar-refractivity contribution in [2.75, 3.05) is 6.54 Å². The van der Waals surface area contributed by atoms with Gasteiger partial charge in [0.05, 0.1) is 17.7 Å². The van der Waals surface area contributed by atoms with Gasteiger partial charge in [-0.1, -0.05) is 37.3 Å². The molecule has 0 unspecified atom stereocenters. The van der Waals surface area contributed by atoms with Crippen LogP contribution in [0.1, 0.15) is 55.0 Å². The lowest BCUT2D eigenvalue weighted by Gasteiger charge is -2.13. The molecule has 2 heterocycles. The molecule has 3 aromatic rings. The number of carbonyl (C=O) groups is 3. The molecule has 0 saturated carbocycles. The van der Waals surface area contributed by atoms with E-state index < -0.39 is 0 Å². The van der Waals surface area contributed by atoms with E-state index in [1.165, 1.54) is 11.0 Å². The van der Waals surface area contributed by atoms with Gasteiger partial charge in [-0.05, 0) is 47.4 Å². The first-order chi connectivity index (χ1) is 14.5. The number of rotatable bonds is 6. The number of pyridine rings is 1. The highest BCUT2D eigenvalue weighted by Gasteiger charge is 2.36. The maximum Gasteiger partial charge on any atom is 0.261 e. The normalized spacial score (nSPS) is 13.8. The first kappa shape index (κ1) is 19.5. The minimum Gasteiger partial charge on any atom is -0.351 e. The fourth-order valence-corrected chi connectivity index (χ4v) is 3.49. The first-order valence-corrected chi connectivity index (χ1v) is 9.77. The molecule has 3 amide bonds. The molecule has 4 rings (SSSR count). The zero-order valence-corrected chi connectivity index (χ0v) is 16.5. The van der Waals surface area contributed by atoms with Gasteiger partial charge in [0, 0.05) is 24.5 Å². The van der Waals surface area contributed by atoms with E-state index in [2.05, 4.69) is 10.3 Å². The largest absolute Gasteiger partial charge is 0.351 e. The van der Waals surface area contributed by atoms with Gasteiger partial charge in [-0.2, -0.15) is 0 Å². The van der Waals surface area contributed by atoms with Crippen LogP contribution in [0.5, 0.6) is 0 Å². The zero-order chi connectivity index (χ0) is 21.1. The summed E-state index contributed by atoms with van der Waals surface area (Å²) in [6, 6.07) is 18.1. The van der Waals surface area contributed by atoms with Crippen LogP contribution in [0.15, 0.2) is 73.1 Å². The summed E-state index contributed by atoms with van der Waals surface area (Å²) in [6.07, 6.45) is 3.23. The van der Waals surface area contributed by atoms with Crippen LogP contribution in [-0.2, 0) is 6.54 Å². The van der Waals surface area contributed by atoms with Gasteiger partial charge < -0.3 is 5.32 Å². The third kappa shape index (κ3) is 3.85. The molecule has 30 heavy (non-hydrogen) atoms. The fraction of sp³-hybridized carbons (Fsp3) is 0.167. The molecule has 0 spiro atoms. The summed E-state index contributed by atoms with van der Waals surface area (Å²) in [5.74, 6) is -0.854. The summed E-state index contributed by atoms with van der Waals surface area (Å²) in [4.78, 5) is 43.2. The molecule has 2 aromatic carbocycles. The van der Waals surface area contributed by atoms with Crippen LogP contribution in [0.2, 0.25) is 0 Å². The second-order valence-corrected chi connectivity index (χ2v) is 7.33. The number of carbonyl (C=O) groups excluding carboxylic acids is 3. The molecule has 6 nitrogen and oxygen atoms in total. The molecule has 0 radical (unpaired) electrons. The summed E-state index contributed by atoms with van der Waals surface area (Å²) < 4.78 is 0. The predicted octanol–water partition coefficient (Wildman–Crippen LogP) is 3.41. The number of nitrogens with zero attached hydrogens (tertiary/aromatic N) is 2. The van der Waals surface area contributed by atoms with Gasteiger partial charge in [0.25, 0.3) is 17.7 Å². The van der Waals surface area contributed by atoms with E-state index in [0.717, 1.165) is 11.1 Å². The molecule has 1 N–H and O–H groups in total. The topological polar surface area (TPSA) is 79.4 Å². The lowest BCUT2D eigenvalue weighted by molar-refractivity contribution is 0.0642. The van der Waals surface area contributed by atoms with E-state index in [4.69, 9.17) is 0 Å². The number of amides is 3. The highest BCUT2D eigenvalue weighted by atomic mass is 16.2. The Morgan fingerprint density at radius 3 is 2.40 bits per heavy atom. The Balaban J connectivity index is 1.46. The second kappa shape index (κ2) is 8.29. The maximum absolute atomic E-state index is 12.8. The minimum absolute atomic E-state index is 0.156. The summed E-state index contributed by atoms with van der Waals surface area (Å²) in [5.41, 5.74) is 2.90. The molecule has 0 aliphatic carbocycles. The summed E-state index contributed by atoms with van der Waals surface area (Å²) in [6.45, 7) is 2.68. The Morgan fingerprint density at radius 2 is 1.67 bits per heavy atom. The van der Waals surface area contributed by atoms with Crippen LogP contribution in [-0.4, -0.2) is 34.2 Å². The van der Waals surface area contributed by atoms with Crippen LogP contribution in [0, 0.1) is 0 Å². The van der Waals surface area contributed by atoms with Gasteiger partial charge in [0.1, 0.15) is 0 Å². The Hall–Kier alpha value is -3.80. The smallest absolute Gasteiger partial charge is 0.261 e. The number of nitrogens with one attached hydrogen (secondary N) is 1. The van der Waals surface area contributed by atoms with Gasteiger partial charge in [-0.25, -0.2) is 0 Å². The minimum atomic E-state index is -0.390. The van der Waals surface area contributed by atoms with Gasteiger partial charge in [0.2, 0.25) is 0 Å². The molecular weight excluding hydrogens is 378 g/mol. The lowest BCUT2D eigenvalue weighted by atomic mass is 10.0. The van der Waals surface area contributed by atoms with Gasteiger partial charge >= 0.3 is 0 Å². The Bertz CT molecular complexity index is 1100. The molecule has 0 fully saturated rings. The lowest BCUT2D eigenvalue weighted by Crippen LogP contribution is -2.29. The number of aromatic nitrogens is 1. The van der Waals surface area contributed by atoms with Gasteiger partial charge in [-0.15, -0.1) is 0 Å². The Morgan fingerprint density at radius 1 is 0.967 bits per heavy atom. The molecule has 0 saturated heterocycles. The quantitative estimate of drug-likeness (QED) is 0.644. The van der Waals surface area contributed by atoms with Crippen LogP contribution in [0.25, 0.3) is 0 Å². The van der Waals surface area contributed by atoms with Crippen molar-refractivity contribution in [2.24, 2.45) is 0 Å². The predicted molar refractivity (Wildman–Crippen MR) is 112 cm³/mol. The van der Waals surface area contributed by atoms with E-state index >= 15 is 0 Å². The maximum atomic E-state index is 12.8. The average molecular weight is 399 g/mol. The molecule has 1 atom stereocenters. The van der Waals surface area contributed by atoms with Crippen molar-refractivity contribution in [3.05, 3.63) is 101 Å². The molecule has 1 aliphatic heterocycles. The molecule has 150 valence electrons. The van der Waals surface area contributed by atoms with E-state index in [1.807, 2.05) is 37.3 Å². The van der Waals surface area contributed by atoms with Crippen LogP contribution in [0.4, 0.5) is 0 Å². The molecular formula is C24H21N3O3. The average Bonchev–Trinajstić information content (AvgIpc) is 3.03. The molecule has 1 aromatic heterocycles. The number of imide groups is 1.